The van der Waals surface area contributed by atoms with E-state index in [1.807, 2.05) is 41.4 Å². The zero-order valence-electron chi connectivity index (χ0n) is 9.24. The summed E-state index contributed by atoms with van der Waals surface area (Å²) < 4.78 is 2.04. The number of thioether (sulfide) groups is 1. The first-order chi connectivity index (χ1) is 8.38. The maximum atomic E-state index is 4.48. The number of hydrogen-bond acceptors (Lipinski definition) is 4. The van der Waals surface area contributed by atoms with Crippen LogP contribution in [-0.4, -0.2) is 25.8 Å². The Morgan fingerprint density at radius 1 is 1.18 bits per heavy atom. The van der Waals surface area contributed by atoms with Crippen LogP contribution in [0.15, 0.2) is 48.1 Å². The highest BCUT2D eigenvalue weighted by molar-refractivity contribution is 7.98. The average Bonchev–Trinajstić information content (AvgIpc) is 2.82. The molecule has 3 rings (SSSR count). The van der Waals surface area contributed by atoms with Gasteiger partial charge in [0.2, 0.25) is 0 Å². The van der Waals surface area contributed by atoms with Crippen LogP contribution in [0.2, 0.25) is 0 Å². The third-order valence-corrected chi connectivity index (χ3v) is 3.10. The van der Waals surface area contributed by atoms with Crippen LogP contribution in [0.1, 0.15) is 0 Å². The number of nitrogens with zero attached hydrogens (tertiary/aromatic N) is 4. The first-order valence-electron chi connectivity index (χ1n) is 5.17. The van der Waals surface area contributed by atoms with Gasteiger partial charge in [-0.3, -0.25) is 4.98 Å². The molecule has 0 aromatic carbocycles. The molecular weight excluding hydrogens is 232 g/mol. The van der Waals surface area contributed by atoms with Crippen LogP contribution in [-0.2, 0) is 0 Å². The van der Waals surface area contributed by atoms with Crippen molar-refractivity contribution in [1.29, 1.82) is 0 Å². The third-order valence-electron chi connectivity index (χ3n) is 2.54. The Balaban J connectivity index is 2.20. The number of aromatic nitrogens is 4. The van der Waals surface area contributed by atoms with Gasteiger partial charge < -0.3 is 4.57 Å². The van der Waals surface area contributed by atoms with E-state index in [0.717, 1.165) is 21.9 Å². The van der Waals surface area contributed by atoms with E-state index in [4.69, 9.17) is 0 Å². The lowest BCUT2D eigenvalue weighted by Crippen LogP contribution is -1.97. The topological polar surface area (TPSA) is 43.6 Å². The Morgan fingerprint density at radius 2 is 2.12 bits per heavy atom. The number of rotatable bonds is 2. The molecule has 17 heavy (non-hydrogen) atoms. The minimum Gasteiger partial charge on any atom is -0.301 e. The van der Waals surface area contributed by atoms with Gasteiger partial charge in [0.05, 0.1) is 5.52 Å². The number of fused-ring (bicyclic) bond motifs is 1. The quantitative estimate of drug-likeness (QED) is 0.511. The molecule has 5 heteroatoms. The summed E-state index contributed by atoms with van der Waals surface area (Å²) in [6.07, 6.45) is 9.38. The summed E-state index contributed by atoms with van der Waals surface area (Å²) in [5, 5.41) is 1.88. The van der Waals surface area contributed by atoms with Crippen molar-refractivity contribution in [3.8, 4) is 5.82 Å². The SMILES string of the molecule is CSc1nccc(-n2ccc3cnccc32)n1. The highest BCUT2D eigenvalue weighted by Gasteiger charge is 2.04. The molecule has 0 N–H and O–H groups in total. The van der Waals surface area contributed by atoms with Crippen LogP contribution in [0.5, 0.6) is 0 Å². The van der Waals surface area contributed by atoms with Crippen LogP contribution >= 0.6 is 11.8 Å². The van der Waals surface area contributed by atoms with Gasteiger partial charge in [0.25, 0.3) is 0 Å². The molecule has 0 radical (unpaired) electrons. The first-order valence-corrected chi connectivity index (χ1v) is 6.39. The third kappa shape index (κ3) is 1.78. The summed E-state index contributed by atoms with van der Waals surface area (Å²) in [7, 11) is 0. The normalized spacial score (nSPS) is 10.9. The highest BCUT2D eigenvalue weighted by Crippen LogP contribution is 2.19. The maximum Gasteiger partial charge on any atom is 0.189 e. The van der Waals surface area contributed by atoms with Gasteiger partial charge in [0.1, 0.15) is 5.82 Å². The Bertz CT molecular complexity index is 662. The monoisotopic (exact) mass is 242 g/mol. The second-order valence-corrected chi connectivity index (χ2v) is 4.30. The Labute approximate surface area is 103 Å². The predicted octanol–water partition coefficient (Wildman–Crippen LogP) is 2.54. The molecule has 0 saturated carbocycles. The Morgan fingerprint density at radius 3 is 3.00 bits per heavy atom. The number of hydrogen-bond donors (Lipinski definition) is 0. The summed E-state index contributed by atoms with van der Waals surface area (Å²) in [5.74, 6) is 0.880. The standard InChI is InChI=1S/C12H10N4S/c1-17-12-14-6-3-11(15-12)16-7-4-9-8-13-5-2-10(9)16/h2-8H,1H3. The zero-order valence-corrected chi connectivity index (χ0v) is 10.1. The molecule has 0 aliphatic heterocycles. The Hall–Kier alpha value is -1.88. The van der Waals surface area contributed by atoms with E-state index in [2.05, 4.69) is 15.0 Å². The van der Waals surface area contributed by atoms with E-state index in [0.29, 0.717) is 0 Å². The Kier molecular flexibility index (Phi) is 2.53. The summed E-state index contributed by atoms with van der Waals surface area (Å²) in [4.78, 5) is 12.8. The molecule has 0 amide bonds. The largest absolute Gasteiger partial charge is 0.301 e. The molecule has 0 spiro atoms. The molecule has 4 nitrogen and oxygen atoms in total. The second-order valence-electron chi connectivity index (χ2n) is 3.52. The van der Waals surface area contributed by atoms with Gasteiger partial charge >= 0.3 is 0 Å². The average molecular weight is 242 g/mol. The number of pyridine rings is 1. The van der Waals surface area contributed by atoms with Crippen molar-refractivity contribution in [1.82, 2.24) is 19.5 Å². The van der Waals surface area contributed by atoms with E-state index in [-0.39, 0.29) is 0 Å². The van der Waals surface area contributed by atoms with Crippen molar-refractivity contribution < 1.29 is 0 Å². The molecule has 0 atom stereocenters. The van der Waals surface area contributed by atoms with Crippen molar-refractivity contribution in [3.63, 3.8) is 0 Å². The van der Waals surface area contributed by atoms with Crippen LogP contribution < -0.4 is 0 Å². The first kappa shape index (κ1) is 10.3. The van der Waals surface area contributed by atoms with Crippen molar-refractivity contribution in [2.24, 2.45) is 0 Å². The van der Waals surface area contributed by atoms with Gasteiger partial charge in [-0.1, -0.05) is 11.8 Å². The summed E-state index contributed by atoms with van der Waals surface area (Å²) >= 11 is 1.54. The molecule has 0 unspecified atom stereocenters. The lowest BCUT2D eigenvalue weighted by atomic mass is 10.3. The molecule has 3 aromatic rings. The van der Waals surface area contributed by atoms with Crippen molar-refractivity contribution in [3.05, 3.63) is 43.0 Å². The van der Waals surface area contributed by atoms with Crippen molar-refractivity contribution in [2.75, 3.05) is 6.26 Å². The maximum absolute atomic E-state index is 4.48. The van der Waals surface area contributed by atoms with E-state index < -0.39 is 0 Å². The molecule has 3 aromatic heterocycles. The fourth-order valence-corrected chi connectivity index (χ4v) is 2.10. The minimum atomic E-state index is 0.776. The van der Waals surface area contributed by atoms with Crippen LogP contribution in [0, 0.1) is 0 Å². The van der Waals surface area contributed by atoms with E-state index in [1.54, 1.807) is 12.4 Å². The zero-order chi connectivity index (χ0) is 11.7. The summed E-state index contributed by atoms with van der Waals surface area (Å²) in [6.45, 7) is 0. The summed E-state index contributed by atoms with van der Waals surface area (Å²) in [6, 6.07) is 5.92. The van der Waals surface area contributed by atoms with Gasteiger partial charge in [-0.15, -0.1) is 0 Å². The van der Waals surface area contributed by atoms with Crippen molar-refractivity contribution in [2.45, 2.75) is 5.16 Å². The van der Waals surface area contributed by atoms with Gasteiger partial charge in [-0.2, -0.15) is 0 Å². The lowest BCUT2D eigenvalue weighted by Gasteiger charge is -2.04. The molecule has 0 fully saturated rings. The smallest absolute Gasteiger partial charge is 0.189 e. The minimum absolute atomic E-state index is 0.776. The van der Waals surface area contributed by atoms with Gasteiger partial charge in [0.15, 0.2) is 5.16 Å². The van der Waals surface area contributed by atoms with Gasteiger partial charge in [-0.05, 0) is 24.5 Å². The molecule has 3 heterocycles. The van der Waals surface area contributed by atoms with E-state index in [1.165, 1.54) is 11.8 Å². The van der Waals surface area contributed by atoms with Crippen LogP contribution in [0.3, 0.4) is 0 Å². The fraction of sp³-hybridized carbons (Fsp3) is 0.0833. The second kappa shape index (κ2) is 4.18. The van der Waals surface area contributed by atoms with E-state index in [9.17, 15) is 0 Å². The molecule has 84 valence electrons. The fourth-order valence-electron chi connectivity index (χ4n) is 1.75. The molecule has 0 saturated heterocycles. The van der Waals surface area contributed by atoms with Gasteiger partial charge in [0, 0.05) is 30.2 Å². The molecule has 0 aliphatic carbocycles. The molecule has 0 bridgehead atoms. The summed E-state index contributed by atoms with van der Waals surface area (Å²) in [5.41, 5.74) is 1.10. The molecule has 0 aliphatic rings. The highest BCUT2D eigenvalue weighted by atomic mass is 32.2. The van der Waals surface area contributed by atoms with Crippen LogP contribution in [0.4, 0.5) is 0 Å². The van der Waals surface area contributed by atoms with Crippen molar-refractivity contribution >= 4 is 22.7 Å². The van der Waals surface area contributed by atoms with Crippen LogP contribution in [0.25, 0.3) is 16.7 Å². The predicted molar refractivity (Wildman–Crippen MR) is 68.4 cm³/mol. The molecular formula is C12H10N4S. The van der Waals surface area contributed by atoms with E-state index >= 15 is 0 Å². The lowest BCUT2D eigenvalue weighted by molar-refractivity contribution is 0.907. The van der Waals surface area contributed by atoms with Gasteiger partial charge in [-0.25, -0.2) is 9.97 Å².